The summed E-state index contributed by atoms with van der Waals surface area (Å²) in [4.78, 5) is 76.4. The van der Waals surface area contributed by atoms with Gasteiger partial charge in [0, 0.05) is 99.9 Å². The molecule has 0 radical (unpaired) electrons. The third-order valence-corrected chi connectivity index (χ3v) is 13.9. The minimum atomic E-state index is -4.36. The second-order valence-electron chi connectivity index (χ2n) is 16.6. The zero-order valence-electron chi connectivity index (χ0n) is 35.9. The second kappa shape index (κ2) is 18.9. The molecule has 17 nitrogen and oxygen atoms in total. The van der Waals surface area contributed by atoms with E-state index in [4.69, 9.17) is 9.47 Å². The van der Waals surface area contributed by atoms with Gasteiger partial charge in [0.25, 0.3) is 11.8 Å². The molecule has 3 N–H and O–H groups in total. The molecular weight excluding hydrogens is 898 g/mol. The predicted octanol–water partition coefficient (Wildman–Crippen LogP) is 4.45. The van der Waals surface area contributed by atoms with Crippen LogP contribution in [0, 0.1) is 11.6 Å². The smallest absolute Gasteiger partial charge is 0.301 e. The van der Waals surface area contributed by atoms with Gasteiger partial charge < -0.3 is 19.4 Å². The van der Waals surface area contributed by atoms with Crippen molar-refractivity contribution in [3.05, 3.63) is 107 Å². The fourth-order valence-electron chi connectivity index (χ4n) is 8.71. The average Bonchev–Trinajstić information content (AvgIpc) is 4.03. The van der Waals surface area contributed by atoms with E-state index in [-0.39, 0.29) is 42.5 Å². The van der Waals surface area contributed by atoms with E-state index < -0.39 is 81.3 Å². The van der Waals surface area contributed by atoms with E-state index in [0.717, 1.165) is 65.3 Å². The van der Waals surface area contributed by atoms with Crippen LogP contribution in [-0.2, 0) is 24.5 Å². The number of H-pyrrole nitrogens is 1. The second-order valence-corrected chi connectivity index (χ2v) is 18.3. The molecule has 0 spiro atoms. The molecule has 350 valence electrons. The average molecular weight is 943 g/mol. The van der Waals surface area contributed by atoms with Crippen molar-refractivity contribution in [3.8, 4) is 16.9 Å². The number of piperazine rings is 1. The van der Waals surface area contributed by atoms with Gasteiger partial charge in [0.2, 0.25) is 17.6 Å². The number of hydrogen-bond donors (Lipinski definition) is 3. The topological polar surface area (TPSA) is 204 Å². The fourth-order valence-corrected chi connectivity index (χ4v) is 9.98. The largest absolute Gasteiger partial charge is 0.493 e. The Kier molecular flexibility index (Phi) is 12.8. The number of ether oxygens (including phenoxy) is 2. The van der Waals surface area contributed by atoms with E-state index in [1.54, 1.807) is 18.3 Å². The van der Waals surface area contributed by atoms with Crippen molar-refractivity contribution in [1.29, 1.82) is 0 Å². The first-order valence-electron chi connectivity index (χ1n) is 21.8. The normalized spacial score (nSPS) is 19.3. The zero-order chi connectivity index (χ0) is 47.0. The number of alkyl halides is 1. The van der Waals surface area contributed by atoms with Crippen LogP contribution in [0.2, 0.25) is 0 Å². The third-order valence-electron chi connectivity index (χ3n) is 12.4. The lowest BCUT2D eigenvalue weighted by atomic mass is 9.99. The van der Waals surface area contributed by atoms with Crippen molar-refractivity contribution < 1.29 is 55.0 Å². The van der Waals surface area contributed by atoms with Crippen LogP contribution in [0.4, 0.5) is 24.5 Å². The third kappa shape index (κ3) is 9.36. The molecule has 2 atom stereocenters. The molecule has 4 amide bonds. The molecule has 67 heavy (non-hydrogen) atoms. The van der Waals surface area contributed by atoms with Gasteiger partial charge in [-0.3, -0.25) is 43.8 Å². The highest BCUT2D eigenvalue weighted by atomic mass is 32.2. The molecule has 21 heteroatoms. The Morgan fingerprint density at radius 1 is 0.866 bits per heavy atom. The molecule has 3 aromatic carbocycles. The van der Waals surface area contributed by atoms with Crippen molar-refractivity contribution in [1.82, 2.24) is 29.4 Å². The first kappa shape index (κ1) is 45.5. The van der Waals surface area contributed by atoms with E-state index in [1.807, 2.05) is 29.0 Å². The maximum Gasteiger partial charge on any atom is 0.301 e. The van der Waals surface area contributed by atoms with Gasteiger partial charge in [0.1, 0.15) is 29.4 Å². The van der Waals surface area contributed by atoms with Crippen molar-refractivity contribution >= 4 is 62.0 Å². The number of fused-ring (bicyclic) bond motifs is 2. The Balaban J connectivity index is 0.728. The number of pyridine rings is 1. The summed E-state index contributed by atoms with van der Waals surface area (Å²) in [5, 5.41) is 2.50. The van der Waals surface area contributed by atoms with Crippen LogP contribution in [0.1, 0.15) is 62.3 Å². The van der Waals surface area contributed by atoms with Crippen molar-refractivity contribution in [3.63, 3.8) is 0 Å². The Morgan fingerprint density at radius 3 is 2.39 bits per heavy atom. The molecule has 5 aromatic rings. The van der Waals surface area contributed by atoms with E-state index in [9.17, 15) is 36.8 Å². The van der Waals surface area contributed by atoms with Crippen LogP contribution in [0.15, 0.2) is 73.1 Å². The van der Waals surface area contributed by atoms with Gasteiger partial charge in [-0.25, -0.2) is 18.2 Å². The Hall–Kier alpha value is -6.68. The number of carbonyl (C=O) groups excluding carboxylic acids is 5. The van der Waals surface area contributed by atoms with Crippen LogP contribution in [0.3, 0.4) is 0 Å². The molecule has 4 aliphatic heterocycles. The molecule has 0 aliphatic carbocycles. The summed E-state index contributed by atoms with van der Waals surface area (Å²) < 4.78 is 84.6. The quantitative estimate of drug-likeness (QED) is 0.0714. The molecule has 3 fully saturated rings. The molecular formula is C46H45F3N8O9S. The van der Waals surface area contributed by atoms with E-state index in [1.165, 1.54) is 18.3 Å². The summed E-state index contributed by atoms with van der Waals surface area (Å²) in [6.45, 7) is 4.81. The van der Waals surface area contributed by atoms with Crippen LogP contribution in [0.5, 0.6) is 5.75 Å². The molecule has 2 aromatic heterocycles. The van der Waals surface area contributed by atoms with Gasteiger partial charge in [0.05, 0.1) is 35.6 Å². The van der Waals surface area contributed by atoms with Crippen LogP contribution < -0.4 is 19.7 Å². The number of ketones is 1. The number of benzene rings is 3. The summed E-state index contributed by atoms with van der Waals surface area (Å²) in [5.74, 6) is -5.45. The first-order chi connectivity index (χ1) is 32.3. The maximum atomic E-state index is 15.7. The summed E-state index contributed by atoms with van der Waals surface area (Å²) in [7, 11) is -4.36. The number of nitrogens with zero attached hydrogens (tertiary/aromatic N) is 5. The number of rotatable bonds is 16. The van der Waals surface area contributed by atoms with Gasteiger partial charge in [-0.1, -0.05) is 12.1 Å². The lowest BCUT2D eigenvalue weighted by molar-refractivity contribution is -0.136. The van der Waals surface area contributed by atoms with Gasteiger partial charge in [-0.2, -0.15) is 12.7 Å². The highest BCUT2D eigenvalue weighted by molar-refractivity contribution is 7.90. The number of aromatic amines is 1. The van der Waals surface area contributed by atoms with Crippen LogP contribution in [-0.4, -0.2) is 140 Å². The minimum Gasteiger partial charge on any atom is -0.493 e. The number of aromatic nitrogens is 2. The summed E-state index contributed by atoms with van der Waals surface area (Å²) in [6.07, 6.45) is 2.28. The number of hydrogen-bond acceptors (Lipinski definition) is 12. The molecule has 0 bridgehead atoms. The number of halogens is 3. The van der Waals surface area contributed by atoms with E-state index in [2.05, 4.69) is 25.1 Å². The zero-order valence-corrected chi connectivity index (χ0v) is 36.8. The van der Waals surface area contributed by atoms with Crippen LogP contribution >= 0.6 is 0 Å². The summed E-state index contributed by atoms with van der Waals surface area (Å²) >= 11 is 0. The number of anilines is 2. The minimum absolute atomic E-state index is 0.00531. The molecule has 4 aliphatic rings. The van der Waals surface area contributed by atoms with E-state index >= 15 is 8.78 Å². The number of carbonyl (C=O) groups is 5. The number of imide groups is 2. The molecule has 6 heterocycles. The van der Waals surface area contributed by atoms with E-state index in [0.29, 0.717) is 48.6 Å². The highest BCUT2D eigenvalue weighted by Gasteiger charge is 2.45. The van der Waals surface area contributed by atoms with Gasteiger partial charge in [0.15, 0.2) is 5.82 Å². The maximum absolute atomic E-state index is 15.7. The standard InChI is InChI=1S/C46H45F3N8O9S/c47-29-12-13-56(26-29)67(63,64)53-37-9-8-36(48)40(41(37)49)42(59)35-25-51-43-33(35)22-28(24-50-43)27-2-4-30(5-3-27)55-16-14-54(15-17-55)18-21-65-19-1-20-66-31-6-7-32-34(23-31)46(62)57(45(32)61)38-10-11-39(58)52-44(38)60/h2-9,22-25,29,38,53H,1,10-21,26H2,(H,50,51)(H,52,58,60)/t29-,38?/m1/s1. The first-order valence-corrected chi connectivity index (χ1v) is 23.3. The molecule has 9 rings (SSSR count). The SMILES string of the molecule is O=C1CCC(N2C(=O)c3ccc(OCCCOCCN4CCN(c5ccc(-c6cnc7[nH]cc(C(=O)c8c(F)ccc(NS(=O)(=O)N9CC[C@@H](F)C9)c8F)c7c6)cc5)CC4)cc3C2=O)C(=O)N1. The highest BCUT2D eigenvalue weighted by Crippen LogP contribution is 2.33. The Bertz CT molecular complexity index is 2890. The van der Waals surface area contributed by atoms with Crippen molar-refractivity contribution in [2.45, 2.75) is 37.9 Å². The lowest BCUT2D eigenvalue weighted by Gasteiger charge is -2.36. The predicted molar refractivity (Wildman–Crippen MR) is 238 cm³/mol. The number of piperidine rings is 1. The van der Waals surface area contributed by atoms with Gasteiger partial charge in [-0.05, 0) is 66.9 Å². The van der Waals surface area contributed by atoms with Crippen molar-refractivity contribution in [2.75, 3.05) is 75.3 Å². The summed E-state index contributed by atoms with van der Waals surface area (Å²) in [6, 6.07) is 14.8. The van der Waals surface area contributed by atoms with Crippen LogP contribution in [0.25, 0.3) is 22.2 Å². The number of amides is 4. The van der Waals surface area contributed by atoms with Crippen molar-refractivity contribution in [2.24, 2.45) is 0 Å². The Labute approximate surface area is 382 Å². The number of nitrogens with one attached hydrogen (secondary N) is 3. The Morgan fingerprint density at radius 2 is 1.64 bits per heavy atom. The molecule has 3 saturated heterocycles. The lowest BCUT2D eigenvalue weighted by Crippen LogP contribution is -2.54. The molecule has 0 saturated carbocycles. The summed E-state index contributed by atoms with van der Waals surface area (Å²) in [5.41, 5.74) is 1.46. The van der Waals surface area contributed by atoms with Gasteiger partial charge in [-0.15, -0.1) is 0 Å². The molecule has 1 unspecified atom stereocenters. The monoisotopic (exact) mass is 942 g/mol. The fraction of sp³-hybridized carbons (Fsp3) is 0.348. The van der Waals surface area contributed by atoms with Gasteiger partial charge >= 0.3 is 10.2 Å².